The van der Waals surface area contributed by atoms with Crippen LogP contribution in [-0.2, 0) is 31.4 Å². The van der Waals surface area contributed by atoms with Crippen LogP contribution in [0.1, 0.15) is 66.0 Å². The van der Waals surface area contributed by atoms with E-state index in [4.69, 9.17) is 4.42 Å². The third-order valence-electron chi connectivity index (χ3n) is 9.32. The Bertz CT molecular complexity index is 1760. The van der Waals surface area contributed by atoms with Crippen LogP contribution in [0.2, 0.25) is 0 Å². The van der Waals surface area contributed by atoms with E-state index in [0.717, 1.165) is 97.5 Å². The predicted octanol–water partition coefficient (Wildman–Crippen LogP) is 6.15. The van der Waals surface area contributed by atoms with E-state index in [9.17, 15) is 15.0 Å². The molecule has 1 saturated carbocycles. The Morgan fingerprint density at radius 1 is 0.978 bits per heavy atom. The number of nitrogens with one attached hydrogen (secondary N) is 2. The van der Waals surface area contributed by atoms with Crippen molar-refractivity contribution in [1.29, 1.82) is 0 Å². The smallest absolute Gasteiger partial charge is 0.305 e. The fraction of sp³-hybridized carbons (Fsp3) is 0.405. The Morgan fingerprint density at radius 2 is 1.70 bits per heavy atom. The number of thiazole rings is 1. The van der Waals surface area contributed by atoms with Crippen molar-refractivity contribution >= 4 is 21.6 Å². The number of aromatic hydroxyl groups is 1. The average Bonchev–Trinajstić information content (AvgIpc) is 3.73. The molecule has 5 aromatic rings. The second kappa shape index (κ2) is 14.8. The normalized spacial score (nSPS) is 15.5. The van der Waals surface area contributed by atoms with Gasteiger partial charge in [-0.05, 0) is 80.6 Å². The van der Waals surface area contributed by atoms with Gasteiger partial charge in [0.2, 0.25) is 5.89 Å². The van der Waals surface area contributed by atoms with Crippen molar-refractivity contribution in [1.82, 2.24) is 20.2 Å². The molecule has 1 aliphatic carbocycles. The van der Waals surface area contributed by atoms with Gasteiger partial charge in [0.25, 0.3) is 0 Å². The number of oxazole rings is 1. The Morgan fingerprint density at radius 3 is 2.46 bits per heavy atom. The molecule has 8 nitrogen and oxygen atoms in total. The number of phenolic OH excluding ortho intramolecular Hbond substituents is 1. The van der Waals surface area contributed by atoms with E-state index >= 15 is 0 Å². The Kier molecular flexibility index (Phi) is 10.3. The average molecular weight is 641 g/mol. The second-order valence-electron chi connectivity index (χ2n) is 12.6. The fourth-order valence-corrected chi connectivity index (χ4v) is 7.59. The number of hydrogen-bond donors (Lipinski definition) is 4. The van der Waals surface area contributed by atoms with Crippen molar-refractivity contribution in [3.05, 3.63) is 116 Å². The summed E-state index contributed by atoms with van der Waals surface area (Å²) in [4.78, 5) is 21.2. The van der Waals surface area contributed by atoms with Crippen LogP contribution < -0.4 is 10.2 Å². The van der Waals surface area contributed by atoms with Crippen molar-refractivity contribution in [3.63, 3.8) is 0 Å². The van der Waals surface area contributed by atoms with Gasteiger partial charge in [-0.3, -0.25) is 9.69 Å². The molecule has 4 N–H and O–H groups in total. The van der Waals surface area contributed by atoms with Crippen LogP contribution in [-0.4, -0.2) is 51.8 Å². The van der Waals surface area contributed by atoms with Crippen LogP contribution in [0.5, 0.6) is 5.75 Å². The quantitative estimate of drug-likeness (QED) is 0.108. The molecule has 0 aliphatic heterocycles. The number of rotatable bonds is 14. The summed E-state index contributed by atoms with van der Waals surface area (Å²) in [7, 11) is 2.09. The Hall–Kier alpha value is -3.76. The summed E-state index contributed by atoms with van der Waals surface area (Å²) in [5.41, 5.74) is 3.83. The molecule has 1 fully saturated rings. The molecule has 0 saturated heterocycles. The van der Waals surface area contributed by atoms with Gasteiger partial charge >= 0.3 is 4.87 Å². The second-order valence-corrected chi connectivity index (χ2v) is 13.6. The van der Waals surface area contributed by atoms with Crippen LogP contribution in [0, 0.1) is 5.92 Å². The van der Waals surface area contributed by atoms with Crippen molar-refractivity contribution in [2.75, 3.05) is 26.7 Å². The molecule has 2 heterocycles. The van der Waals surface area contributed by atoms with Crippen molar-refractivity contribution in [2.24, 2.45) is 5.92 Å². The Labute approximate surface area is 274 Å². The molecular formula is C37H44N4O4S. The first kappa shape index (κ1) is 32.2. The third kappa shape index (κ3) is 7.44. The van der Waals surface area contributed by atoms with Gasteiger partial charge in [0, 0.05) is 12.5 Å². The van der Waals surface area contributed by atoms with Crippen LogP contribution in [0.4, 0.5) is 0 Å². The molecule has 46 heavy (non-hydrogen) atoms. The van der Waals surface area contributed by atoms with Crippen molar-refractivity contribution < 1.29 is 14.6 Å². The number of aliphatic hydroxyl groups is 1. The lowest BCUT2D eigenvalue weighted by molar-refractivity contribution is -0.0242. The lowest BCUT2D eigenvalue weighted by atomic mass is 9.73. The molecule has 2 aromatic heterocycles. The first-order valence-corrected chi connectivity index (χ1v) is 17.3. The number of phenols is 1. The van der Waals surface area contributed by atoms with Crippen molar-refractivity contribution in [2.45, 2.75) is 63.5 Å². The highest BCUT2D eigenvalue weighted by Gasteiger charge is 2.44. The van der Waals surface area contributed by atoms with Gasteiger partial charge in [0.1, 0.15) is 17.0 Å². The van der Waals surface area contributed by atoms with Gasteiger partial charge in [-0.2, -0.15) is 0 Å². The first-order chi connectivity index (χ1) is 22.4. The number of hydrogen-bond acceptors (Lipinski definition) is 8. The van der Waals surface area contributed by atoms with Gasteiger partial charge in [0.15, 0.2) is 5.60 Å². The third-order valence-corrected chi connectivity index (χ3v) is 10.3. The van der Waals surface area contributed by atoms with Crippen LogP contribution >= 0.6 is 11.3 Å². The minimum atomic E-state index is -1.21. The lowest BCUT2D eigenvalue weighted by Crippen LogP contribution is -2.38. The molecule has 0 bridgehead atoms. The van der Waals surface area contributed by atoms with Crippen molar-refractivity contribution in [3.8, 4) is 5.75 Å². The number of likely N-dealkylation sites (N-methyl/N-ethyl adjacent to an activating group) is 1. The highest BCUT2D eigenvalue weighted by atomic mass is 32.1. The van der Waals surface area contributed by atoms with Crippen LogP contribution in [0.3, 0.4) is 0 Å². The maximum absolute atomic E-state index is 12.1. The molecular weight excluding hydrogens is 596 g/mol. The molecule has 0 spiro atoms. The first-order valence-electron chi connectivity index (χ1n) is 16.4. The summed E-state index contributed by atoms with van der Waals surface area (Å²) < 4.78 is 7.10. The molecule has 1 unspecified atom stereocenters. The molecule has 6 rings (SSSR count). The zero-order valence-corrected chi connectivity index (χ0v) is 27.3. The van der Waals surface area contributed by atoms with E-state index in [1.54, 1.807) is 12.3 Å². The lowest BCUT2D eigenvalue weighted by Gasteiger charge is -2.36. The minimum absolute atomic E-state index is 0.0997. The predicted molar refractivity (Wildman–Crippen MR) is 183 cm³/mol. The monoisotopic (exact) mass is 640 g/mol. The molecule has 1 atom stereocenters. The van der Waals surface area contributed by atoms with Gasteiger partial charge in [-0.1, -0.05) is 91.3 Å². The minimum Gasteiger partial charge on any atom is -0.506 e. The van der Waals surface area contributed by atoms with E-state index in [1.807, 2.05) is 36.4 Å². The van der Waals surface area contributed by atoms with E-state index < -0.39 is 5.60 Å². The number of aromatic amines is 1. The highest BCUT2D eigenvalue weighted by Crippen LogP contribution is 2.43. The molecule has 3 aromatic carbocycles. The van der Waals surface area contributed by atoms with E-state index in [1.165, 1.54) is 17.5 Å². The number of H-pyrrole nitrogens is 1. The number of nitrogens with zero attached hydrogens (tertiary/aromatic N) is 2. The van der Waals surface area contributed by atoms with Crippen LogP contribution in [0.15, 0.2) is 82.1 Å². The summed E-state index contributed by atoms with van der Waals surface area (Å²) in [6.07, 6.45) is 9.85. The summed E-state index contributed by atoms with van der Waals surface area (Å²) in [6.45, 7) is 3.18. The number of benzene rings is 3. The number of aromatic nitrogens is 2. The van der Waals surface area contributed by atoms with Gasteiger partial charge in [-0.25, -0.2) is 4.98 Å². The molecule has 242 valence electrons. The number of fused-ring (bicyclic) bond motifs is 1. The van der Waals surface area contributed by atoms with E-state index in [-0.39, 0.29) is 16.5 Å². The maximum Gasteiger partial charge on any atom is 0.305 e. The summed E-state index contributed by atoms with van der Waals surface area (Å²) in [5, 5.41) is 25.6. The standard InChI is InChI=1S/C37H44N4O4S/c1-41(25-31-24-39-35(45-31)37(44,29-8-4-2-5-9-29)30-10-6-3-7-11-30)23-20-27-14-12-26(13-15-27)18-21-38-22-19-28-16-17-32(42)33-34(28)46-36(43)40-33/h2,4-5,8-9,12-17,24,30,38,42,44H,3,6-7,10-11,18-23,25H2,1H3,(H,40,43). The van der Waals surface area contributed by atoms with E-state index in [2.05, 4.69) is 51.5 Å². The summed E-state index contributed by atoms with van der Waals surface area (Å²) in [6, 6.07) is 22.3. The topological polar surface area (TPSA) is 115 Å². The van der Waals surface area contributed by atoms with Gasteiger partial charge in [-0.15, -0.1) is 0 Å². The molecule has 1 aliphatic rings. The zero-order chi connectivity index (χ0) is 31.9. The van der Waals surface area contributed by atoms with Crippen LogP contribution in [0.25, 0.3) is 10.2 Å². The summed E-state index contributed by atoms with van der Waals surface area (Å²) in [5.74, 6) is 1.40. The maximum atomic E-state index is 12.1. The van der Waals surface area contributed by atoms with Gasteiger partial charge < -0.3 is 24.9 Å². The highest BCUT2D eigenvalue weighted by molar-refractivity contribution is 7.16. The van der Waals surface area contributed by atoms with E-state index in [0.29, 0.717) is 18.0 Å². The molecule has 0 amide bonds. The largest absolute Gasteiger partial charge is 0.506 e. The summed E-state index contributed by atoms with van der Waals surface area (Å²) >= 11 is 1.15. The van der Waals surface area contributed by atoms with Gasteiger partial charge in [0.05, 0.1) is 17.4 Å². The molecule has 0 radical (unpaired) electrons. The SMILES string of the molecule is CN(CCc1ccc(CCNCCc2ccc(O)c3[nH]c(=O)sc23)cc1)Cc1cnc(C(O)(c2ccccc2)C2CCCCC2)o1. The zero-order valence-electron chi connectivity index (χ0n) is 26.5. The Balaban J connectivity index is 0.958. The fourth-order valence-electron chi connectivity index (χ4n) is 6.69. The molecule has 9 heteroatoms.